The Bertz CT molecular complexity index is 230. The fourth-order valence-electron chi connectivity index (χ4n) is 1.62. The van der Waals surface area contributed by atoms with Crippen LogP contribution in [0.3, 0.4) is 0 Å². The molecule has 0 fully saturated rings. The average Bonchev–Trinajstić information content (AvgIpc) is 2.29. The van der Waals surface area contributed by atoms with Gasteiger partial charge in [-0.1, -0.05) is 56.5 Å². The second-order valence-corrected chi connectivity index (χ2v) is 3.97. The quantitative estimate of drug-likeness (QED) is 0.576. The van der Waals surface area contributed by atoms with Crippen LogP contribution in [0.15, 0.2) is 30.3 Å². The van der Waals surface area contributed by atoms with Crippen molar-refractivity contribution in [3.63, 3.8) is 0 Å². The zero-order valence-corrected chi connectivity index (χ0v) is 9.78. The topological polar surface area (TPSA) is 14.1 Å². The van der Waals surface area contributed by atoms with Crippen LogP contribution in [0.1, 0.15) is 38.2 Å². The minimum absolute atomic E-state index is 0.982. The number of hydrogen-bond acceptors (Lipinski definition) is 0. The van der Waals surface area contributed by atoms with Crippen LogP contribution >= 0.6 is 0 Å². The largest absolute Gasteiger partial charge is 0.241 e. The van der Waals surface area contributed by atoms with Gasteiger partial charge in [-0.25, -0.2) is 5.32 Å². The highest BCUT2D eigenvalue weighted by atomic mass is 14.8. The van der Waals surface area contributed by atoms with Gasteiger partial charge < -0.3 is 0 Å². The zero-order valence-electron chi connectivity index (χ0n) is 9.78. The Morgan fingerprint density at radius 1 is 0.933 bits per heavy atom. The van der Waals surface area contributed by atoms with E-state index in [1.165, 1.54) is 31.2 Å². The fourth-order valence-corrected chi connectivity index (χ4v) is 1.62. The summed E-state index contributed by atoms with van der Waals surface area (Å²) < 4.78 is 0. The van der Waals surface area contributed by atoms with Gasteiger partial charge in [0.1, 0.15) is 0 Å². The summed E-state index contributed by atoms with van der Waals surface area (Å²) in [6.45, 7) is 4.27. The lowest BCUT2D eigenvalue weighted by Crippen LogP contribution is -2.10. The molecule has 1 aromatic carbocycles. The molecule has 0 aliphatic rings. The highest BCUT2D eigenvalue weighted by Crippen LogP contribution is 2.00. The molecule has 1 heteroatoms. The summed E-state index contributed by atoms with van der Waals surface area (Å²) in [4.78, 5) is 0. The molecule has 83 valence electrons. The minimum Gasteiger partial charge on any atom is -0.241 e. The summed E-state index contributed by atoms with van der Waals surface area (Å²) >= 11 is 0. The van der Waals surface area contributed by atoms with E-state index in [1.54, 1.807) is 0 Å². The summed E-state index contributed by atoms with van der Waals surface area (Å²) in [5.74, 6) is 0. The van der Waals surface area contributed by atoms with Crippen LogP contribution < -0.4 is 5.32 Å². The van der Waals surface area contributed by atoms with Crippen molar-refractivity contribution >= 4 is 0 Å². The molecular weight excluding hydrogens is 182 g/mol. The van der Waals surface area contributed by atoms with E-state index in [0.29, 0.717) is 0 Å². The SMILES string of the molecule is CCCCCC[N]CCc1ccccc1. The molecule has 0 aliphatic carbocycles. The van der Waals surface area contributed by atoms with E-state index < -0.39 is 0 Å². The van der Waals surface area contributed by atoms with E-state index in [2.05, 4.69) is 42.6 Å². The number of nitrogens with zero attached hydrogens (tertiary/aromatic N) is 1. The predicted molar refractivity (Wildman–Crippen MR) is 66.2 cm³/mol. The van der Waals surface area contributed by atoms with Gasteiger partial charge in [-0.3, -0.25) is 0 Å². The lowest BCUT2D eigenvalue weighted by Gasteiger charge is -2.02. The molecule has 0 unspecified atom stereocenters. The Kier molecular flexibility index (Phi) is 6.93. The van der Waals surface area contributed by atoms with Gasteiger partial charge in [0.25, 0.3) is 0 Å². The minimum atomic E-state index is 0.982. The van der Waals surface area contributed by atoms with Gasteiger partial charge in [0.15, 0.2) is 0 Å². The molecule has 1 aromatic rings. The van der Waals surface area contributed by atoms with Crippen LogP contribution in [0, 0.1) is 0 Å². The summed E-state index contributed by atoms with van der Waals surface area (Å²) in [7, 11) is 0. The molecule has 1 nitrogen and oxygen atoms in total. The Hall–Kier alpha value is -0.820. The van der Waals surface area contributed by atoms with Crippen molar-refractivity contribution in [1.82, 2.24) is 5.32 Å². The lowest BCUT2D eigenvalue weighted by molar-refractivity contribution is 0.591. The average molecular weight is 204 g/mol. The van der Waals surface area contributed by atoms with Crippen molar-refractivity contribution < 1.29 is 0 Å². The molecule has 1 rings (SSSR count). The molecule has 0 bridgehead atoms. The molecule has 0 aliphatic heterocycles. The number of benzene rings is 1. The Morgan fingerprint density at radius 3 is 2.47 bits per heavy atom. The Labute approximate surface area is 93.9 Å². The summed E-state index contributed by atoms with van der Waals surface area (Å²) in [5.41, 5.74) is 1.40. The zero-order chi connectivity index (χ0) is 10.8. The molecule has 0 aromatic heterocycles. The maximum atomic E-state index is 4.54. The normalized spacial score (nSPS) is 10.5. The van der Waals surface area contributed by atoms with Crippen LogP contribution in [-0.4, -0.2) is 13.1 Å². The van der Waals surface area contributed by atoms with Crippen LogP contribution in [-0.2, 0) is 6.42 Å². The summed E-state index contributed by atoms with van der Waals surface area (Å²) in [6, 6.07) is 10.6. The fraction of sp³-hybridized carbons (Fsp3) is 0.571. The monoisotopic (exact) mass is 204 g/mol. The molecule has 0 amide bonds. The van der Waals surface area contributed by atoms with Crippen molar-refractivity contribution in [2.75, 3.05) is 13.1 Å². The van der Waals surface area contributed by atoms with Gasteiger partial charge in [-0.05, 0) is 18.4 Å². The van der Waals surface area contributed by atoms with E-state index in [0.717, 1.165) is 19.5 Å². The van der Waals surface area contributed by atoms with Crippen LogP contribution in [0.5, 0.6) is 0 Å². The first kappa shape index (κ1) is 12.3. The van der Waals surface area contributed by atoms with Crippen LogP contribution in [0.25, 0.3) is 0 Å². The third kappa shape index (κ3) is 6.29. The third-order valence-corrected chi connectivity index (χ3v) is 2.57. The lowest BCUT2D eigenvalue weighted by atomic mass is 10.1. The molecule has 0 N–H and O–H groups in total. The van der Waals surface area contributed by atoms with E-state index in [9.17, 15) is 0 Å². The molecule has 15 heavy (non-hydrogen) atoms. The summed E-state index contributed by atoms with van der Waals surface area (Å²) in [5, 5.41) is 4.54. The number of rotatable bonds is 8. The molecule has 0 heterocycles. The maximum Gasteiger partial charge on any atom is 0.0173 e. The van der Waals surface area contributed by atoms with E-state index in [1.807, 2.05) is 0 Å². The van der Waals surface area contributed by atoms with E-state index >= 15 is 0 Å². The number of hydrogen-bond donors (Lipinski definition) is 0. The van der Waals surface area contributed by atoms with Crippen molar-refractivity contribution in [3.8, 4) is 0 Å². The van der Waals surface area contributed by atoms with Crippen molar-refractivity contribution in [2.24, 2.45) is 0 Å². The second kappa shape index (κ2) is 8.49. The van der Waals surface area contributed by atoms with Gasteiger partial charge in [-0.15, -0.1) is 0 Å². The highest BCUT2D eigenvalue weighted by Gasteiger charge is 1.92. The first-order valence-electron chi connectivity index (χ1n) is 6.10. The Balaban J connectivity index is 1.93. The smallest absolute Gasteiger partial charge is 0.0173 e. The molecule has 0 saturated heterocycles. The van der Waals surface area contributed by atoms with Gasteiger partial charge >= 0.3 is 0 Å². The first-order chi connectivity index (χ1) is 7.43. The van der Waals surface area contributed by atoms with Gasteiger partial charge in [0, 0.05) is 13.1 Å². The molecular formula is C14H22N. The molecule has 0 saturated carbocycles. The van der Waals surface area contributed by atoms with E-state index in [-0.39, 0.29) is 0 Å². The third-order valence-electron chi connectivity index (χ3n) is 2.57. The predicted octanol–water partition coefficient (Wildman–Crippen LogP) is 3.41. The van der Waals surface area contributed by atoms with Crippen molar-refractivity contribution in [2.45, 2.75) is 39.0 Å². The van der Waals surface area contributed by atoms with Gasteiger partial charge in [-0.2, -0.15) is 0 Å². The summed E-state index contributed by atoms with van der Waals surface area (Å²) in [6.07, 6.45) is 6.36. The molecule has 1 radical (unpaired) electrons. The van der Waals surface area contributed by atoms with Crippen molar-refractivity contribution in [3.05, 3.63) is 35.9 Å². The molecule has 0 spiro atoms. The van der Waals surface area contributed by atoms with Crippen molar-refractivity contribution in [1.29, 1.82) is 0 Å². The Morgan fingerprint density at radius 2 is 1.73 bits per heavy atom. The number of unbranched alkanes of at least 4 members (excludes halogenated alkanes) is 3. The second-order valence-electron chi connectivity index (χ2n) is 3.97. The van der Waals surface area contributed by atoms with Gasteiger partial charge in [0.05, 0.1) is 0 Å². The van der Waals surface area contributed by atoms with Gasteiger partial charge in [0.2, 0.25) is 0 Å². The maximum absolute atomic E-state index is 4.54. The molecule has 0 atom stereocenters. The first-order valence-corrected chi connectivity index (χ1v) is 6.10. The van der Waals surface area contributed by atoms with E-state index in [4.69, 9.17) is 0 Å². The highest BCUT2D eigenvalue weighted by molar-refractivity contribution is 5.14. The van der Waals surface area contributed by atoms with Crippen LogP contribution in [0.4, 0.5) is 0 Å². The van der Waals surface area contributed by atoms with Crippen LogP contribution in [0.2, 0.25) is 0 Å². The standard InChI is InChI=1S/C14H22N/c1-2-3-4-8-12-15-13-11-14-9-6-5-7-10-14/h5-7,9-10H,2-4,8,11-13H2,1H3.